The Morgan fingerprint density at radius 2 is 2.35 bits per heavy atom. The minimum absolute atomic E-state index is 0.117. The van der Waals surface area contributed by atoms with Gasteiger partial charge < -0.3 is 5.11 Å². The van der Waals surface area contributed by atoms with E-state index in [-0.39, 0.29) is 17.4 Å². The van der Waals surface area contributed by atoms with Gasteiger partial charge in [-0.05, 0) is 18.8 Å². The summed E-state index contributed by atoms with van der Waals surface area (Å²) in [6.07, 6.45) is 4.36. The van der Waals surface area contributed by atoms with Crippen LogP contribution < -0.4 is 0 Å². The Morgan fingerprint density at radius 1 is 1.59 bits per heavy atom. The molecule has 2 rings (SSSR count). The van der Waals surface area contributed by atoms with Crippen molar-refractivity contribution in [1.82, 2.24) is 14.1 Å². The summed E-state index contributed by atoms with van der Waals surface area (Å²) in [7, 11) is -1.71. The molecule has 1 fully saturated rings. The molecule has 1 aliphatic rings. The Balaban J connectivity index is 2.13. The second kappa shape index (κ2) is 4.75. The van der Waals surface area contributed by atoms with Crippen LogP contribution in [0.5, 0.6) is 0 Å². The zero-order valence-corrected chi connectivity index (χ0v) is 10.6. The molecule has 0 bridgehead atoms. The van der Waals surface area contributed by atoms with Gasteiger partial charge in [0.2, 0.25) is 10.0 Å². The molecule has 0 spiro atoms. The van der Waals surface area contributed by atoms with Crippen molar-refractivity contribution >= 4 is 10.0 Å². The van der Waals surface area contributed by atoms with Gasteiger partial charge in [-0.2, -0.15) is 9.40 Å². The van der Waals surface area contributed by atoms with Gasteiger partial charge in [0.1, 0.15) is 4.90 Å². The maximum absolute atomic E-state index is 12.2. The van der Waals surface area contributed by atoms with E-state index in [4.69, 9.17) is 5.11 Å². The van der Waals surface area contributed by atoms with Gasteiger partial charge in [0, 0.05) is 32.9 Å². The predicted octanol–water partition coefficient (Wildman–Crippen LogP) is -0.187. The number of sulfonamides is 1. The minimum atomic E-state index is -3.40. The van der Waals surface area contributed by atoms with Crippen LogP contribution in [-0.4, -0.2) is 47.3 Å². The fraction of sp³-hybridized carbons (Fsp3) is 0.700. The zero-order chi connectivity index (χ0) is 12.5. The van der Waals surface area contributed by atoms with Gasteiger partial charge >= 0.3 is 0 Å². The molecule has 6 nitrogen and oxygen atoms in total. The van der Waals surface area contributed by atoms with Crippen molar-refractivity contribution in [3.05, 3.63) is 12.4 Å². The third-order valence-corrected chi connectivity index (χ3v) is 4.92. The van der Waals surface area contributed by atoms with Crippen molar-refractivity contribution in [3.8, 4) is 0 Å². The van der Waals surface area contributed by atoms with Gasteiger partial charge in [0.05, 0.1) is 6.20 Å². The smallest absolute Gasteiger partial charge is 0.246 e. The van der Waals surface area contributed by atoms with Gasteiger partial charge in [0.25, 0.3) is 0 Å². The van der Waals surface area contributed by atoms with Gasteiger partial charge in [-0.1, -0.05) is 0 Å². The lowest BCUT2D eigenvalue weighted by Crippen LogP contribution is -2.28. The van der Waals surface area contributed by atoms with Crippen molar-refractivity contribution in [3.63, 3.8) is 0 Å². The Bertz CT molecular complexity index is 483. The summed E-state index contributed by atoms with van der Waals surface area (Å²) < 4.78 is 27.4. The lowest BCUT2D eigenvalue weighted by Gasteiger charge is -2.14. The minimum Gasteiger partial charge on any atom is -0.396 e. The molecule has 1 aliphatic heterocycles. The van der Waals surface area contributed by atoms with Crippen molar-refractivity contribution in [2.24, 2.45) is 13.0 Å². The van der Waals surface area contributed by atoms with Gasteiger partial charge in [-0.15, -0.1) is 0 Å². The summed E-state index contributed by atoms with van der Waals surface area (Å²) in [4.78, 5) is 0.240. The Hall–Kier alpha value is -0.920. The van der Waals surface area contributed by atoms with Crippen LogP contribution in [0.4, 0.5) is 0 Å². The van der Waals surface area contributed by atoms with E-state index in [1.54, 1.807) is 7.05 Å². The number of aliphatic hydroxyl groups is 1. The summed E-state index contributed by atoms with van der Waals surface area (Å²) in [5.74, 6) is 0.270. The van der Waals surface area contributed by atoms with Crippen LogP contribution in [0, 0.1) is 5.92 Å². The lowest BCUT2D eigenvalue weighted by atomic mass is 10.1. The second-order valence-corrected chi connectivity index (χ2v) is 6.32. The lowest BCUT2D eigenvalue weighted by molar-refractivity contribution is 0.259. The molecule has 0 aromatic carbocycles. The summed E-state index contributed by atoms with van der Waals surface area (Å²) >= 11 is 0. The molecule has 1 saturated heterocycles. The summed E-state index contributed by atoms with van der Waals surface area (Å²) in [5.41, 5.74) is 0. The van der Waals surface area contributed by atoms with E-state index in [1.165, 1.54) is 21.4 Å². The third-order valence-electron chi connectivity index (χ3n) is 3.10. The molecule has 96 valence electrons. The molecular formula is C10H17N3O3S. The predicted molar refractivity (Wildman–Crippen MR) is 61.8 cm³/mol. The first kappa shape index (κ1) is 12.5. The monoisotopic (exact) mass is 259 g/mol. The van der Waals surface area contributed by atoms with E-state index < -0.39 is 10.0 Å². The number of nitrogens with zero attached hydrogens (tertiary/aromatic N) is 3. The molecule has 0 aliphatic carbocycles. The van der Waals surface area contributed by atoms with E-state index in [2.05, 4.69) is 5.10 Å². The first-order valence-corrected chi connectivity index (χ1v) is 7.07. The largest absolute Gasteiger partial charge is 0.396 e. The summed E-state index contributed by atoms with van der Waals surface area (Å²) in [6.45, 7) is 1.14. The molecule has 1 aromatic heterocycles. The first-order valence-electron chi connectivity index (χ1n) is 5.63. The van der Waals surface area contributed by atoms with E-state index in [1.807, 2.05) is 0 Å². The molecule has 0 amide bonds. The fourth-order valence-corrected chi connectivity index (χ4v) is 3.63. The number of aliphatic hydroxyl groups excluding tert-OH is 1. The van der Waals surface area contributed by atoms with Crippen LogP contribution >= 0.6 is 0 Å². The Morgan fingerprint density at radius 3 is 2.94 bits per heavy atom. The number of hydrogen-bond donors (Lipinski definition) is 1. The Labute approximate surface area is 101 Å². The highest BCUT2D eigenvalue weighted by molar-refractivity contribution is 7.89. The highest BCUT2D eigenvalue weighted by Crippen LogP contribution is 2.25. The van der Waals surface area contributed by atoms with E-state index >= 15 is 0 Å². The van der Waals surface area contributed by atoms with Crippen molar-refractivity contribution in [2.45, 2.75) is 17.7 Å². The highest BCUT2D eigenvalue weighted by atomic mass is 32.2. The van der Waals surface area contributed by atoms with Crippen LogP contribution in [0.1, 0.15) is 12.8 Å². The fourth-order valence-electron chi connectivity index (χ4n) is 2.11. The van der Waals surface area contributed by atoms with E-state index in [9.17, 15) is 8.42 Å². The second-order valence-electron chi connectivity index (χ2n) is 4.38. The number of aromatic nitrogens is 2. The molecule has 7 heteroatoms. The standard InChI is InChI=1S/C10H17N3O3S/c1-12-8-10(6-11-12)17(15,16)13-4-2-9(7-13)3-5-14/h6,8-9,14H,2-5,7H2,1H3. The molecule has 1 atom stereocenters. The molecule has 1 unspecified atom stereocenters. The summed E-state index contributed by atoms with van der Waals surface area (Å²) in [6, 6.07) is 0. The maximum atomic E-state index is 12.2. The normalized spacial score (nSPS) is 22.1. The Kier molecular flexibility index (Phi) is 3.50. The number of rotatable bonds is 4. The van der Waals surface area contributed by atoms with Gasteiger partial charge in [-0.3, -0.25) is 4.68 Å². The molecule has 1 N–H and O–H groups in total. The average Bonchev–Trinajstić information content (AvgIpc) is 2.88. The van der Waals surface area contributed by atoms with E-state index in [0.29, 0.717) is 19.5 Å². The molecule has 0 saturated carbocycles. The quantitative estimate of drug-likeness (QED) is 0.813. The topological polar surface area (TPSA) is 75.4 Å². The van der Waals surface area contributed by atoms with Crippen LogP contribution in [0.15, 0.2) is 17.3 Å². The van der Waals surface area contributed by atoms with Crippen molar-refractivity contribution in [1.29, 1.82) is 0 Å². The highest BCUT2D eigenvalue weighted by Gasteiger charge is 2.32. The molecule has 17 heavy (non-hydrogen) atoms. The van der Waals surface area contributed by atoms with Gasteiger partial charge in [0.15, 0.2) is 0 Å². The van der Waals surface area contributed by atoms with Crippen LogP contribution in [0.25, 0.3) is 0 Å². The SMILES string of the molecule is Cn1cc(S(=O)(=O)N2CCC(CCO)C2)cn1. The number of hydrogen-bond acceptors (Lipinski definition) is 4. The van der Waals surface area contributed by atoms with Gasteiger partial charge in [-0.25, -0.2) is 8.42 Å². The molecule has 0 radical (unpaired) electrons. The van der Waals surface area contributed by atoms with E-state index in [0.717, 1.165) is 6.42 Å². The van der Waals surface area contributed by atoms with Crippen LogP contribution in [0.2, 0.25) is 0 Å². The zero-order valence-electron chi connectivity index (χ0n) is 9.78. The molecule has 1 aromatic rings. The number of aryl methyl sites for hydroxylation is 1. The average molecular weight is 259 g/mol. The van der Waals surface area contributed by atoms with Crippen LogP contribution in [0.3, 0.4) is 0 Å². The summed E-state index contributed by atoms with van der Waals surface area (Å²) in [5, 5.41) is 12.7. The third kappa shape index (κ3) is 2.51. The first-order chi connectivity index (χ1) is 8.04. The maximum Gasteiger partial charge on any atom is 0.246 e. The molecule has 2 heterocycles. The van der Waals surface area contributed by atoms with Crippen molar-refractivity contribution < 1.29 is 13.5 Å². The molecular weight excluding hydrogens is 242 g/mol. The van der Waals surface area contributed by atoms with Crippen LogP contribution in [-0.2, 0) is 17.1 Å². The van der Waals surface area contributed by atoms with Crippen molar-refractivity contribution in [2.75, 3.05) is 19.7 Å².